The monoisotopic (exact) mass is 179 g/mol. The number of aromatic nitrogens is 1. The minimum atomic E-state index is 0.297. The number of phenolic OH excluding ortho intramolecular Hbond substituents is 1. The Hall–Kier alpha value is -1.09. The number of fused-ring (bicyclic) bond motifs is 1. The Bertz CT molecular complexity index is 408. The van der Waals surface area contributed by atoms with Gasteiger partial charge in [-0.25, -0.2) is 4.98 Å². The first-order chi connectivity index (χ1) is 5.81. The van der Waals surface area contributed by atoms with Crippen molar-refractivity contribution < 1.29 is 5.11 Å². The molecule has 0 aliphatic heterocycles. The quantitative estimate of drug-likeness (QED) is 0.729. The summed E-state index contributed by atoms with van der Waals surface area (Å²) in [5, 5.41) is 9.52. The van der Waals surface area contributed by atoms with Gasteiger partial charge >= 0.3 is 0 Å². The number of aromatic hydroxyl groups is 1. The Balaban J connectivity index is 2.75. The normalized spacial score (nSPS) is 10.8. The van der Waals surface area contributed by atoms with Crippen molar-refractivity contribution in [3.8, 4) is 5.75 Å². The third-order valence-electron chi connectivity index (χ3n) is 1.88. The van der Waals surface area contributed by atoms with E-state index in [9.17, 15) is 5.11 Å². The van der Waals surface area contributed by atoms with Crippen molar-refractivity contribution in [1.82, 2.24) is 4.98 Å². The zero-order chi connectivity index (χ0) is 8.55. The highest BCUT2D eigenvalue weighted by Gasteiger charge is 2.03. The predicted octanol–water partition coefficient (Wildman–Crippen LogP) is 2.56. The summed E-state index contributed by atoms with van der Waals surface area (Å²) in [6.45, 7) is 2.07. The van der Waals surface area contributed by atoms with E-state index in [0.717, 1.165) is 22.2 Å². The van der Waals surface area contributed by atoms with Gasteiger partial charge in [-0.15, -0.1) is 11.3 Å². The van der Waals surface area contributed by atoms with E-state index >= 15 is 0 Å². The van der Waals surface area contributed by atoms with E-state index in [0.29, 0.717) is 5.75 Å². The standard InChI is InChI=1S/C9H9NOS/c1-2-6-3-7(11)9-8(4-6)12-5-10-9/h3-5,11H,2H2,1H3. The zero-order valence-corrected chi connectivity index (χ0v) is 7.56. The molecule has 0 bridgehead atoms. The van der Waals surface area contributed by atoms with Crippen LogP contribution in [0.3, 0.4) is 0 Å². The highest BCUT2D eigenvalue weighted by atomic mass is 32.1. The van der Waals surface area contributed by atoms with Gasteiger partial charge in [0.1, 0.15) is 11.3 Å². The van der Waals surface area contributed by atoms with Crippen LogP contribution in [0.1, 0.15) is 12.5 Å². The lowest BCUT2D eigenvalue weighted by molar-refractivity contribution is 0.480. The van der Waals surface area contributed by atoms with Crippen molar-refractivity contribution in [1.29, 1.82) is 0 Å². The number of phenols is 1. The summed E-state index contributed by atoms with van der Waals surface area (Å²) >= 11 is 1.56. The molecule has 0 fully saturated rings. The SMILES string of the molecule is CCc1cc(O)c2ncsc2c1. The van der Waals surface area contributed by atoms with Crippen LogP contribution in [0, 0.1) is 0 Å². The molecule has 12 heavy (non-hydrogen) atoms. The first kappa shape index (κ1) is 7.55. The van der Waals surface area contributed by atoms with E-state index in [1.54, 1.807) is 22.9 Å². The maximum atomic E-state index is 9.52. The smallest absolute Gasteiger partial charge is 0.142 e. The zero-order valence-electron chi connectivity index (χ0n) is 6.74. The van der Waals surface area contributed by atoms with Gasteiger partial charge in [-0.1, -0.05) is 6.92 Å². The van der Waals surface area contributed by atoms with Gasteiger partial charge in [0.05, 0.1) is 10.2 Å². The van der Waals surface area contributed by atoms with Crippen LogP contribution < -0.4 is 0 Å². The Labute approximate surface area is 74.5 Å². The van der Waals surface area contributed by atoms with Crippen molar-refractivity contribution in [2.24, 2.45) is 0 Å². The van der Waals surface area contributed by atoms with Crippen LogP contribution in [0.2, 0.25) is 0 Å². The van der Waals surface area contributed by atoms with E-state index in [4.69, 9.17) is 0 Å². The minimum Gasteiger partial charge on any atom is -0.506 e. The maximum Gasteiger partial charge on any atom is 0.142 e. The van der Waals surface area contributed by atoms with Gasteiger partial charge in [-0.05, 0) is 24.1 Å². The van der Waals surface area contributed by atoms with Crippen molar-refractivity contribution >= 4 is 21.6 Å². The molecule has 2 rings (SSSR count). The first-order valence-electron chi connectivity index (χ1n) is 3.86. The molecular weight excluding hydrogens is 170 g/mol. The fourth-order valence-corrected chi connectivity index (χ4v) is 1.97. The summed E-state index contributed by atoms with van der Waals surface area (Å²) in [4.78, 5) is 4.06. The van der Waals surface area contributed by atoms with E-state index < -0.39 is 0 Å². The van der Waals surface area contributed by atoms with Crippen LogP contribution in [-0.4, -0.2) is 10.1 Å². The Morgan fingerprint density at radius 1 is 1.50 bits per heavy atom. The molecule has 62 valence electrons. The summed E-state index contributed by atoms with van der Waals surface area (Å²) in [6, 6.07) is 3.86. The maximum absolute atomic E-state index is 9.52. The molecule has 3 heteroatoms. The molecule has 0 spiro atoms. The summed E-state index contributed by atoms with van der Waals surface area (Å²) in [7, 11) is 0. The van der Waals surface area contributed by atoms with Gasteiger partial charge in [-0.2, -0.15) is 0 Å². The third-order valence-corrected chi connectivity index (χ3v) is 2.66. The largest absolute Gasteiger partial charge is 0.506 e. The van der Waals surface area contributed by atoms with Gasteiger partial charge in [-0.3, -0.25) is 0 Å². The number of thiazole rings is 1. The molecule has 0 saturated heterocycles. The minimum absolute atomic E-state index is 0.297. The summed E-state index contributed by atoms with van der Waals surface area (Å²) < 4.78 is 1.06. The average Bonchev–Trinajstić information content (AvgIpc) is 2.52. The van der Waals surface area contributed by atoms with Crippen LogP contribution in [0.25, 0.3) is 10.2 Å². The lowest BCUT2D eigenvalue weighted by atomic mass is 10.1. The summed E-state index contributed by atoms with van der Waals surface area (Å²) in [6.07, 6.45) is 0.946. The number of rotatable bonds is 1. The van der Waals surface area contributed by atoms with Gasteiger partial charge in [0.15, 0.2) is 0 Å². The van der Waals surface area contributed by atoms with Crippen molar-refractivity contribution in [2.75, 3.05) is 0 Å². The lowest BCUT2D eigenvalue weighted by Crippen LogP contribution is -1.79. The third kappa shape index (κ3) is 1.06. The number of nitrogens with zero attached hydrogens (tertiary/aromatic N) is 1. The molecule has 1 aromatic heterocycles. The van der Waals surface area contributed by atoms with Crippen LogP contribution in [0.4, 0.5) is 0 Å². The number of hydrogen-bond donors (Lipinski definition) is 1. The van der Waals surface area contributed by atoms with Crippen LogP contribution in [-0.2, 0) is 6.42 Å². The van der Waals surface area contributed by atoms with Crippen molar-refractivity contribution in [3.05, 3.63) is 23.2 Å². The second-order valence-corrected chi connectivity index (χ2v) is 3.55. The summed E-state index contributed by atoms with van der Waals surface area (Å²) in [5.74, 6) is 0.297. The molecule has 0 amide bonds. The fraction of sp³-hybridized carbons (Fsp3) is 0.222. The molecule has 0 unspecified atom stereocenters. The van der Waals surface area contributed by atoms with Gasteiger partial charge in [0.25, 0.3) is 0 Å². The molecule has 2 aromatic rings. The predicted molar refractivity (Wildman–Crippen MR) is 50.7 cm³/mol. The highest BCUT2D eigenvalue weighted by Crippen LogP contribution is 2.28. The second-order valence-electron chi connectivity index (χ2n) is 2.67. The van der Waals surface area contributed by atoms with Crippen molar-refractivity contribution in [2.45, 2.75) is 13.3 Å². The molecule has 1 heterocycles. The van der Waals surface area contributed by atoms with Crippen LogP contribution in [0.5, 0.6) is 5.75 Å². The topological polar surface area (TPSA) is 33.1 Å². The molecule has 0 aliphatic rings. The van der Waals surface area contributed by atoms with Gasteiger partial charge in [0.2, 0.25) is 0 Å². The van der Waals surface area contributed by atoms with Crippen LogP contribution >= 0.6 is 11.3 Å². The number of hydrogen-bond acceptors (Lipinski definition) is 3. The Morgan fingerprint density at radius 2 is 2.33 bits per heavy atom. The van der Waals surface area contributed by atoms with E-state index in [1.807, 2.05) is 0 Å². The molecule has 1 aromatic carbocycles. The first-order valence-corrected chi connectivity index (χ1v) is 4.74. The molecular formula is C9H9NOS. The second kappa shape index (κ2) is 2.75. The Kier molecular flexibility index (Phi) is 1.73. The number of aryl methyl sites for hydroxylation is 1. The molecule has 2 nitrogen and oxygen atoms in total. The molecule has 1 N–H and O–H groups in total. The number of benzene rings is 1. The summed E-state index contributed by atoms with van der Waals surface area (Å²) in [5.41, 5.74) is 3.63. The molecule has 0 saturated carbocycles. The fourth-order valence-electron chi connectivity index (χ4n) is 1.21. The highest BCUT2D eigenvalue weighted by molar-refractivity contribution is 7.16. The van der Waals surface area contributed by atoms with Gasteiger partial charge < -0.3 is 5.11 Å². The van der Waals surface area contributed by atoms with E-state index in [2.05, 4.69) is 18.0 Å². The van der Waals surface area contributed by atoms with E-state index in [-0.39, 0.29) is 0 Å². The molecule has 0 radical (unpaired) electrons. The van der Waals surface area contributed by atoms with Crippen molar-refractivity contribution in [3.63, 3.8) is 0 Å². The molecule has 0 atom stereocenters. The Morgan fingerprint density at radius 3 is 3.08 bits per heavy atom. The lowest BCUT2D eigenvalue weighted by Gasteiger charge is -1.98. The average molecular weight is 179 g/mol. The van der Waals surface area contributed by atoms with E-state index in [1.165, 1.54) is 0 Å². The molecule has 0 aliphatic carbocycles. The van der Waals surface area contributed by atoms with Crippen LogP contribution in [0.15, 0.2) is 17.6 Å². The van der Waals surface area contributed by atoms with Gasteiger partial charge in [0, 0.05) is 0 Å².